The fourth-order valence-electron chi connectivity index (χ4n) is 1.49. The summed E-state index contributed by atoms with van der Waals surface area (Å²) < 4.78 is 12.7. The second kappa shape index (κ2) is 6.53. The van der Waals surface area contributed by atoms with Gasteiger partial charge in [-0.2, -0.15) is 0 Å². The van der Waals surface area contributed by atoms with Gasteiger partial charge in [0.05, 0.1) is 0 Å². The standard InChI is InChI=1S/C12H18FNO/c1-2-14(8-3-9-15)10-11-4-6-12(13)7-5-11/h4-7,15H,2-3,8-10H2,1H3. The molecule has 0 saturated heterocycles. The third kappa shape index (κ3) is 4.40. The van der Waals surface area contributed by atoms with Crippen molar-refractivity contribution in [2.24, 2.45) is 0 Å². The van der Waals surface area contributed by atoms with Gasteiger partial charge in [-0.05, 0) is 30.7 Å². The predicted octanol–water partition coefficient (Wildman–Crippen LogP) is 2.03. The third-order valence-electron chi connectivity index (χ3n) is 2.40. The van der Waals surface area contributed by atoms with Crippen molar-refractivity contribution in [3.63, 3.8) is 0 Å². The number of hydrogen-bond acceptors (Lipinski definition) is 2. The topological polar surface area (TPSA) is 23.5 Å². The van der Waals surface area contributed by atoms with Crippen LogP contribution in [0.15, 0.2) is 24.3 Å². The minimum atomic E-state index is -0.197. The largest absolute Gasteiger partial charge is 0.396 e. The molecule has 1 aromatic carbocycles. The van der Waals surface area contributed by atoms with Crippen LogP contribution in [0.4, 0.5) is 4.39 Å². The molecule has 0 fully saturated rings. The van der Waals surface area contributed by atoms with Gasteiger partial charge in [-0.3, -0.25) is 4.90 Å². The van der Waals surface area contributed by atoms with Gasteiger partial charge in [0.25, 0.3) is 0 Å². The fraction of sp³-hybridized carbons (Fsp3) is 0.500. The first-order valence-electron chi connectivity index (χ1n) is 5.34. The lowest BCUT2D eigenvalue weighted by Gasteiger charge is -2.19. The van der Waals surface area contributed by atoms with Crippen molar-refractivity contribution >= 4 is 0 Å². The van der Waals surface area contributed by atoms with E-state index < -0.39 is 0 Å². The molecule has 0 atom stereocenters. The van der Waals surface area contributed by atoms with E-state index in [4.69, 9.17) is 5.11 Å². The second-order valence-electron chi connectivity index (χ2n) is 3.57. The van der Waals surface area contributed by atoms with E-state index in [9.17, 15) is 4.39 Å². The van der Waals surface area contributed by atoms with E-state index in [-0.39, 0.29) is 12.4 Å². The van der Waals surface area contributed by atoms with E-state index in [0.29, 0.717) is 0 Å². The predicted molar refractivity (Wildman–Crippen MR) is 59.1 cm³/mol. The Balaban J connectivity index is 2.47. The van der Waals surface area contributed by atoms with Gasteiger partial charge in [-0.25, -0.2) is 4.39 Å². The number of benzene rings is 1. The van der Waals surface area contributed by atoms with Crippen molar-refractivity contribution in [3.05, 3.63) is 35.6 Å². The Bertz CT molecular complexity index is 273. The number of aliphatic hydroxyl groups is 1. The zero-order valence-electron chi connectivity index (χ0n) is 9.12. The minimum Gasteiger partial charge on any atom is -0.396 e. The molecule has 0 aromatic heterocycles. The molecule has 0 saturated carbocycles. The summed E-state index contributed by atoms with van der Waals surface area (Å²) in [5.74, 6) is -0.197. The molecule has 0 spiro atoms. The maximum Gasteiger partial charge on any atom is 0.123 e. The molecule has 1 rings (SSSR count). The maximum absolute atomic E-state index is 12.7. The van der Waals surface area contributed by atoms with Crippen molar-refractivity contribution in [1.29, 1.82) is 0 Å². The highest BCUT2D eigenvalue weighted by molar-refractivity contribution is 5.15. The maximum atomic E-state index is 12.7. The van der Waals surface area contributed by atoms with Crippen LogP contribution in [-0.2, 0) is 6.54 Å². The Morgan fingerprint density at radius 2 is 1.93 bits per heavy atom. The third-order valence-corrected chi connectivity index (χ3v) is 2.40. The van der Waals surface area contributed by atoms with E-state index in [0.717, 1.165) is 31.6 Å². The van der Waals surface area contributed by atoms with Gasteiger partial charge in [0.1, 0.15) is 5.82 Å². The average molecular weight is 211 g/mol. The molecule has 1 aromatic rings. The molecule has 0 aliphatic carbocycles. The van der Waals surface area contributed by atoms with Crippen LogP contribution in [-0.4, -0.2) is 29.7 Å². The van der Waals surface area contributed by atoms with Gasteiger partial charge in [-0.1, -0.05) is 19.1 Å². The van der Waals surface area contributed by atoms with Crippen LogP contribution in [0.1, 0.15) is 18.9 Å². The number of hydrogen-bond donors (Lipinski definition) is 1. The first-order chi connectivity index (χ1) is 7.26. The fourth-order valence-corrected chi connectivity index (χ4v) is 1.49. The first-order valence-corrected chi connectivity index (χ1v) is 5.34. The lowest BCUT2D eigenvalue weighted by molar-refractivity contribution is 0.225. The normalized spacial score (nSPS) is 10.9. The zero-order valence-corrected chi connectivity index (χ0v) is 9.12. The molecular weight excluding hydrogens is 193 g/mol. The summed E-state index contributed by atoms with van der Waals surface area (Å²) in [6.07, 6.45) is 0.787. The Hall–Kier alpha value is -0.930. The average Bonchev–Trinajstić information content (AvgIpc) is 2.27. The Kier molecular flexibility index (Phi) is 5.29. The lowest BCUT2D eigenvalue weighted by atomic mass is 10.2. The molecule has 0 amide bonds. The van der Waals surface area contributed by atoms with Crippen LogP contribution in [0.5, 0.6) is 0 Å². The van der Waals surface area contributed by atoms with E-state index in [1.807, 2.05) is 0 Å². The highest BCUT2D eigenvalue weighted by atomic mass is 19.1. The Labute approximate surface area is 90.3 Å². The van der Waals surface area contributed by atoms with Crippen LogP contribution >= 0.6 is 0 Å². The molecule has 0 radical (unpaired) electrons. The molecule has 84 valence electrons. The van der Waals surface area contributed by atoms with Gasteiger partial charge < -0.3 is 5.11 Å². The SMILES string of the molecule is CCN(CCCO)Cc1ccc(F)cc1. The molecule has 0 aliphatic rings. The van der Waals surface area contributed by atoms with Crippen LogP contribution in [0.2, 0.25) is 0 Å². The van der Waals surface area contributed by atoms with Gasteiger partial charge in [0.2, 0.25) is 0 Å². The lowest BCUT2D eigenvalue weighted by Crippen LogP contribution is -2.24. The van der Waals surface area contributed by atoms with Crippen molar-refractivity contribution in [2.45, 2.75) is 19.9 Å². The minimum absolute atomic E-state index is 0.197. The second-order valence-corrected chi connectivity index (χ2v) is 3.57. The summed E-state index contributed by atoms with van der Waals surface area (Å²) in [5.41, 5.74) is 1.11. The Morgan fingerprint density at radius 1 is 1.27 bits per heavy atom. The van der Waals surface area contributed by atoms with Crippen molar-refractivity contribution in [1.82, 2.24) is 4.90 Å². The van der Waals surface area contributed by atoms with Crippen LogP contribution in [0, 0.1) is 5.82 Å². The van der Waals surface area contributed by atoms with Gasteiger partial charge in [-0.15, -0.1) is 0 Å². The highest BCUT2D eigenvalue weighted by Crippen LogP contribution is 2.06. The summed E-state index contributed by atoms with van der Waals surface area (Å²) in [6.45, 7) is 4.94. The smallest absolute Gasteiger partial charge is 0.123 e. The summed E-state index contributed by atoms with van der Waals surface area (Å²) in [6, 6.07) is 6.57. The zero-order chi connectivity index (χ0) is 11.1. The summed E-state index contributed by atoms with van der Waals surface area (Å²) in [4.78, 5) is 2.23. The van der Waals surface area contributed by atoms with E-state index >= 15 is 0 Å². The molecule has 3 heteroatoms. The summed E-state index contributed by atoms with van der Waals surface area (Å²) in [7, 11) is 0. The summed E-state index contributed by atoms with van der Waals surface area (Å²) >= 11 is 0. The number of halogens is 1. The quantitative estimate of drug-likeness (QED) is 0.778. The first kappa shape index (κ1) is 12.1. The van der Waals surface area contributed by atoms with Crippen molar-refractivity contribution in [3.8, 4) is 0 Å². The van der Waals surface area contributed by atoms with Crippen LogP contribution in [0.25, 0.3) is 0 Å². The van der Waals surface area contributed by atoms with Crippen molar-refractivity contribution < 1.29 is 9.50 Å². The monoisotopic (exact) mass is 211 g/mol. The number of nitrogens with zero attached hydrogens (tertiary/aromatic N) is 1. The van der Waals surface area contributed by atoms with Gasteiger partial charge in [0.15, 0.2) is 0 Å². The highest BCUT2D eigenvalue weighted by Gasteiger charge is 2.02. The molecule has 1 N–H and O–H groups in total. The van der Waals surface area contributed by atoms with Gasteiger partial charge in [0, 0.05) is 19.7 Å². The number of rotatable bonds is 6. The Morgan fingerprint density at radius 3 is 2.47 bits per heavy atom. The van der Waals surface area contributed by atoms with Crippen LogP contribution < -0.4 is 0 Å². The van der Waals surface area contributed by atoms with E-state index in [1.165, 1.54) is 12.1 Å². The number of aliphatic hydroxyl groups excluding tert-OH is 1. The van der Waals surface area contributed by atoms with Gasteiger partial charge >= 0.3 is 0 Å². The van der Waals surface area contributed by atoms with E-state index in [1.54, 1.807) is 12.1 Å². The molecule has 0 bridgehead atoms. The molecule has 0 unspecified atom stereocenters. The molecule has 15 heavy (non-hydrogen) atoms. The van der Waals surface area contributed by atoms with Crippen molar-refractivity contribution in [2.75, 3.05) is 19.7 Å². The van der Waals surface area contributed by atoms with Crippen LogP contribution in [0.3, 0.4) is 0 Å². The molecule has 2 nitrogen and oxygen atoms in total. The molecular formula is C12H18FNO. The summed E-state index contributed by atoms with van der Waals surface area (Å²) in [5, 5.41) is 8.74. The molecule has 0 aliphatic heterocycles. The van der Waals surface area contributed by atoms with E-state index in [2.05, 4.69) is 11.8 Å². The molecule has 0 heterocycles.